The number of halogens is 3. The third-order valence-corrected chi connectivity index (χ3v) is 4.81. The summed E-state index contributed by atoms with van der Waals surface area (Å²) in [7, 11) is 3.16. The van der Waals surface area contributed by atoms with Gasteiger partial charge in [0.2, 0.25) is 11.8 Å². The van der Waals surface area contributed by atoms with Crippen LogP contribution in [0.25, 0.3) is 0 Å². The molecule has 0 saturated heterocycles. The van der Waals surface area contributed by atoms with Crippen LogP contribution >= 0.6 is 0 Å². The molecule has 1 aliphatic heterocycles. The number of methoxy groups -OCH3 is 1. The number of carbonyl (C=O) groups is 2. The minimum absolute atomic E-state index is 0.0290. The molecule has 0 bridgehead atoms. The largest absolute Gasteiger partial charge is 0.496 e. The molecule has 9 heteroatoms. The summed E-state index contributed by atoms with van der Waals surface area (Å²) in [6.45, 7) is 0.0340. The lowest BCUT2D eigenvalue weighted by Crippen LogP contribution is -2.52. The van der Waals surface area contributed by atoms with Crippen LogP contribution in [0.2, 0.25) is 0 Å². The van der Waals surface area contributed by atoms with E-state index in [0.29, 0.717) is 17.2 Å². The number of rotatable bonds is 5. The Balaban J connectivity index is 1.88. The van der Waals surface area contributed by atoms with Crippen LogP contribution in [0.1, 0.15) is 12.0 Å². The zero-order valence-electron chi connectivity index (χ0n) is 16.6. The number of fused-ring (bicyclic) bond motifs is 1. The molecule has 3 rings (SSSR count). The summed E-state index contributed by atoms with van der Waals surface area (Å²) in [5.74, 6) is -0.916. The number of likely N-dealkylation sites (N-methyl/N-ethyl adjacent to an activating group) is 1. The molecule has 2 aromatic carbocycles. The number of hydrogen-bond acceptors (Lipinski definition) is 4. The van der Waals surface area contributed by atoms with Gasteiger partial charge in [-0.05, 0) is 25.2 Å². The molecule has 2 aromatic rings. The van der Waals surface area contributed by atoms with E-state index >= 15 is 0 Å². The zero-order valence-corrected chi connectivity index (χ0v) is 16.6. The summed E-state index contributed by atoms with van der Waals surface area (Å²) in [4.78, 5) is 27.4. The van der Waals surface area contributed by atoms with Crippen molar-refractivity contribution >= 4 is 23.2 Å². The fourth-order valence-electron chi connectivity index (χ4n) is 3.48. The topological polar surface area (TPSA) is 61.9 Å². The summed E-state index contributed by atoms with van der Waals surface area (Å²) < 4.78 is 46.6. The highest BCUT2D eigenvalue weighted by Gasteiger charge is 2.49. The standard InChI is InChI=1S/C21H22F3N3O3/c1-26(12-14-7-3-6-10-17(14)30-2)13-20(29)27-16-9-5-4-8-15(16)25-19(28)11-18(27)21(22,23)24/h3-10,18H,11-13H2,1-2H3,(H,25,28). The maximum absolute atomic E-state index is 13.8. The van der Waals surface area contributed by atoms with Gasteiger partial charge in [-0.1, -0.05) is 30.3 Å². The van der Waals surface area contributed by atoms with Crippen LogP contribution < -0.4 is 15.0 Å². The lowest BCUT2D eigenvalue weighted by atomic mass is 10.1. The van der Waals surface area contributed by atoms with Gasteiger partial charge >= 0.3 is 6.18 Å². The minimum atomic E-state index is -4.76. The molecule has 2 amide bonds. The van der Waals surface area contributed by atoms with E-state index in [2.05, 4.69) is 5.32 Å². The van der Waals surface area contributed by atoms with Crippen LogP contribution in [0, 0.1) is 0 Å². The lowest BCUT2D eigenvalue weighted by molar-refractivity contribution is -0.158. The summed E-state index contributed by atoms with van der Waals surface area (Å²) in [6.07, 6.45) is -5.62. The Hall–Kier alpha value is -3.07. The molecule has 30 heavy (non-hydrogen) atoms. The number of ether oxygens (including phenoxy) is 1. The highest BCUT2D eigenvalue weighted by molar-refractivity contribution is 6.05. The molecule has 0 radical (unpaired) electrons. The first kappa shape index (κ1) is 21.6. The number of alkyl halides is 3. The zero-order chi connectivity index (χ0) is 21.9. The monoisotopic (exact) mass is 421 g/mol. The third-order valence-electron chi connectivity index (χ3n) is 4.81. The third kappa shape index (κ3) is 4.73. The number of nitrogens with one attached hydrogen (secondary N) is 1. The van der Waals surface area contributed by atoms with Crippen molar-refractivity contribution in [3.63, 3.8) is 0 Å². The number of hydrogen-bond donors (Lipinski definition) is 1. The molecule has 1 unspecified atom stereocenters. The molecule has 1 N–H and O–H groups in total. The van der Waals surface area contributed by atoms with Crippen LogP contribution in [-0.2, 0) is 16.1 Å². The van der Waals surface area contributed by atoms with Gasteiger partial charge in [-0.3, -0.25) is 19.4 Å². The van der Waals surface area contributed by atoms with Crippen LogP contribution in [0.4, 0.5) is 24.5 Å². The Kier molecular flexibility index (Phi) is 6.31. The molecule has 160 valence electrons. The summed E-state index contributed by atoms with van der Waals surface area (Å²) in [5.41, 5.74) is 1.01. The van der Waals surface area contributed by atoms with Crippen molar-refractivity contribution in [3.8, 4) is 5.75 Å². The highest BCUT2D eigenvalue weighted by Crippen LogP contribution is 2.37. The Morgan fingerprint density at radius 1 is 1.20 bits per heavy atom. The van der Waals surface area contributed by atoms with Gasteiger partial charge in [-0.25, -0.2) is 0 Å². The summed E-state index contributed by atoms with van der Waals surface area (Å²) in [5, 5.41) is 2.45. The Morgan fingerprint density at radius 2 is 1.87 bits per heavy atom. The van der Waals surface area contributed by atoms with Crippen molar-refractivity contribution < 1.29 is 27.5 Å². The van der Waals surface area contributed by atoms with Gasteiger partial charge < -0.3 is 10.1 Å². The maximum atomic E-state index is 13.8. The van der Waals surface area contributed by atoms with Crippen LogP contribution in [0.5, 0.6) is 5.75 Å². The number of benzene rings is 2. The quantitative estimate of drug-likeness (QED) is 0.804. The number of amides is 2. The SMILES string of the molecule is COc1ccccc1CN(C)CC(=O)N1c2ccccc2NC(=O)CC1C(F)(F)F. The number of anilines is 2. The molecular weight excluding hydrogens is 399 g/mol. The van der Waals surface area contributed by atoms with Gasteiger partial charge in [-0.2, -0.15) is 13.2 Å². The molecule has 0 fully saturated rings. The van der Waals surface area contributed by atoms with Crippen molar-refractivity contribution in [2.75, 3.05) is 30.9 Å². The fraction of sp³-hybridized carbons (Fsp3) is 0.333. The second kappa shape index (κ2) is 8.74. The fourth-order valence-corrected chi connectivity index (χ4v) is 3.48. The smallest absolute Gasteiger partial charge is 0.409 e. The normalized spacial score (nSPS) is 16.7. The first-order valence-corrected chi connectivity index (χ1v) is 9.28. The van der Waals surface area contributed by atoms with E-state index in [9.17, 15) is 22.8 Å². The summed E-state index contributed by atoms with van der Waals surface area (Å²) in [6, 6.07) is 11.0. The molecule has 6 nitrogen and oxygen atoms in total. The first-order chi connectivity index (χ1) is 14.2. The second-order valence-corrected chi connectivity index (χ2v) is 7.07. The molecular formula is C21H22F3N3O3. The molecule has 0 saturated carbocycles. The minimum Gasteiger partial charge on any atom is -0.496 e. The first-order valence-electron chi connectivity index (χ1n) is 9.28. The van der Waals surface area contributed by atoms with Gasteiger partial charge in [0.25, 0.3) is 0 Å². The van der Waals surface area contributed by atoms with Crippen molar-refractivity contribution in [2.24, 2.45) is 0 Å². The molecule has 0 aromatic heterocycles. The Bertz CT molecular complexity index is 933. The van der Waals surface area contributed by atoms with E-state index in [4.69, 9.17) is 4.74 Å². The van der Waals surface area contributed by atoms with Crippen molar-refractivity contribution in [2.45, 2.75) is 25.2 Å². The number of nitrogens with zero attached hydrogens (tertiary/aromatic N) is 2. The average molecular weight is 421 g/mol. The summed E-state index contributed by atoms with van der Waals surface area (Å²) >= 11 is 0. The highest BCUT2D eigenvalue weighted by atomic mass is 19.4. The van der Waals surface area contributed by atoms with Crippen LogP contribution in [0.15, 0.2) is 48.5 Å². The van der Waals surface area contributed by atoms with Crippen molar-refractivity contribution in [1.29, 1.82) is 0 Å². The van der Waals surface area contributed by atoms with Gasteiger partial charge in [0.05, 0.1) is 31.5 Å². The van der Waals surface area contributed by atoms with E-state index in [-0.39, 0.29) is 17.9 Å². The van der Waals surface area contributed by atoms with Gasteiger partial charge in [-0.15, -0.1) is 0 Å². The number of carbonyl (C=O) groups excluding carboxylic acids is 2. The Morgan fingerprint density at radius 3 is 2.57 bits per heavy atom. The second-order valence-electron chi connectivity index (χ2n) is 7.07. The van der Waals surface area contributed by atoms with Crippen LogP contribution in [-0.4, -0.2) is 49.6 Å². The molecule has 0 spiro atoms. The van der Waals surface area contributed by atoms with Crippen LogP contribution in [0.3, 0.4) is 0 Å². The van der Waals surface area contributed by atoms with E-state index in [0.717, 1.165) is 5.56 Å². The lowest BCUT2D eigenvalue weighted by Gasteiger charge is -2.33. The molecule has 1 atom stereocenters. The van der Waals surface area contributed by atoms with Gasteiger partial charge in [0, 0.05) is 12.1 Å². The van der Waals surface area contributed by atoms with Crippen molar-refractivity contribution in [1.82, 2.24) is 4.90 Å². The van der Waals surface area contributed by atoms with E-state index in [1.807, 2.05) is 12.1 Å². The maximum Gasteiger partial charge on any atom is 0.409 e. The van der Waals surface area contributed by atoms with Gasteiger partial charge in [0.15, 0.2) is 0 Å². The average Bonchev–Trinajstić information content (AvgIpc) is 2.83. The van der Waals surface area contributed by atoms with E-state index in [1.165, 1.54) is 25.3 Å². The Labute approximate surface area is 172 Å². The molecule has 0 aliphatic carbocycles. The van der Waals surface area contributed by atoms with E-state index in [1.54, 1.807) is 30.1 Å². The number of para-hydroxylation sites is 3. The predicted molar refractivity (Wildman–Crippen MR) is 106 cm³/mol. The van der Waals surface area contributed by atoms with E-state index < -0.39 is 30.5 Å². The van der Waals surface area contributed by atoms with Gasteiger partial charge in [0.1, 0.15) is 11.8 Å². The van der Waals surface area contributed by atoms with Crippen molar-refractivity contribution in [3.05, 3.63) is 54.1 Å². The molecule has 1 aliphatic rings. The molecule has 1 heterocycles. The predicted octanol–water partition coefficient (Wildman–Crippen LogP) is 3.43.